The number of amides is 2. The van der Waals surface area contributed by atoms with E-state index in [1.165, 1.54) is 6.07 Å². The molecule has 1 aromatic heterocycles. The molecule has 0 saturated heterocycles. The number of halogens is 4. The number of rotatable bonds is 5. The van der Waals surface area contributed by atoms with E-state index >= 15 is 0 Å². The first-order valence-corrected chi connectivity index (χ1v) is 8.66. The van der Waals surface area contributed by atoms with Gasteiger partial charge in [0.2, 0.25) is 0 Å². The van der Waals surface area contributed by atoms with Gasteiger partial charge in [-0.1, -0.05) is 35.9 Å². The highest BCUT2D eigenvalue weighted by Gasteiger charge is 2.33. The second kappa shape index (κ2) is 8.35. The van der Waals surface area contributed by atoms with Crippen LogP contribution in [0.5, 0.6) is 0 Å². The summed E-state index contributed by atoms with van der Waals surface area (Å²) >= 11 is 5.56. The molecular weight excluding hydrogens is 393 g/mol. The lowest BCUT2D eigenvalue weighted by Gasteiger charge is -2.12. The topological polar surface area (TPSA) is 59.0 Å². The Morgan fingerprint density at radius 2 is 1.82 bits per heavy atom. The molecule has 2 amide bonds. The van der Waals surface area contributed by atoms with Crippen LogP contribution in [0.1, 0.15) is 16.7 Å². The average molecular weight is 409 g/mol. The maximum absolute atomic E-state index is 12.9. The molecule has 28 heavy (non-hydrogen) atoms. The van der Waals surface area contributed by atoms with Crippen molar-refractivity contribution in [2.24, 2.45) is 0 Å². The molecule has 1 heterocycles. The van der Waals surface area contributed by atoms with Gasteiger partial charge in [0.05, 0.1) is 17.1 Å². The molecule has 3 aromatic rings. The van der Waals surface area contributed by atoms with Crippen LogP contribution in [0.4, 0.5) is 23.7 Å². The lowest BCUT2D eigenvalue weighted by molar-refractivity contribution is -0.137. The van der Waals surface area contributed by atoms with E-state index in [0.717, 1.165) is 23.3 Å². The Morgan fingerprint density at radius 3 is 2.46 bits per heavy atom. The number of carbonyl (C=O) groups excluding carboxylic acids is 1. The van der Waals surface area contributed by atoms with Gasteiger partial charge in [0.15, 0.2) is 0 Å². The summed E-state index contributed by atoms with van der Waals surface area (Å²) in [5, 5.41) is 8.69. The van der Waals surface area contributed by atoms with E-state index in [1.807, 2.05) is 36.5 Å². The third kappa shape index (κ3) is 5.26. The maximum Gasteiger partial charge on any atom is 0.417 e. The summed E-state index contributed by atoms with van der Waals surface area (Å²) in [5.74, 6) is 0. The fourth-order valence-electron chi connectivity index (χ4n) is 2.52. The number of urea groups is 1. The smallest absolute Gasteiger partial charge is 0.334 e. The average Bonchev–Trinajstić information content (AvgIpc) is 3.15. The van der Waals surface area contributed by atoms with Gasteiger partial charge in [0, 0.05) is 24.6 Å². The van der Waals surface area contributed by atoms with Crippen LogP contribution in [0.3, 0.4) is 0 Å². The molecule has 0 atom stereocenters. The van der Waals surface area contributed by atoms with Crippen LogP contribution in [0, 0.1) is 0 Å². The molecule has 0 spiro atoms. The van der Waals surface area contributed by atoms with Crippen molar-refractivity contribution in [3.63, 3.8) is 0 Å². The third-order valence-electron chi connectivity index (χ3n) is 3.91. The summed E-state index contributed by atoms with van der Waals surface area (Å²) in [6.07, 6.45) is -1.03. The molecule has 0 fully saturated rings. The van der Waals surface area contributed by atoms with E-state index in [0.29, 0.717) is 6.54 Å². The Balaban J connectivity index is 1.54. The van der Waals surface area contributed by atoms with Crippen LogP contribution in [0.15, 0.2) is 60.9 Å². The lowest BCUT2D eigenvalue weighted by atomic mass is 10.1. The number of nitrogens with zero attached hydrogens (tertiary/aromatic N) is 2. The fraction of sp³-hybridized carbons (Fsp3) is 0.158. The van der Waals surface area contributed by atoms with E-state index in [-0.39, 0.29) is 12.2 Å². The number of anilines is 1. The lowest BCUT2D eigenvalue weighted by Crippen LogP contribution is -2.28. The van der Waals surface area contributed by atoms with Crippen LogP contribution in [-0.2, 0) is 19.3 Å². The summed E-state index contributed by atoms with van der Waals surface area (Å²) < 4.78 is 40.4. The van der Waals surface area contributed by atoms with Gasteiger partial charge >= 0.3 is 12.2 Å². The zero-order valence-electron chi connectivity index (χ0n) is 14.5. The Hall–Kier alpha value is -3.00. The number of hydrogen-bond acceptors (Lipinski definition) is 2. The molecule has 0 saturated carbocycles. The van der Waals surface area contributed by atoms with Crippen molar-refractivity contribution in [3.8, 4) is 0 Å². The van der Waals surface area contributed by atoms with Crippen molar-refractivity contribution < 1.29 is 18.0 Å². The Kier molecular flexibility index (Phi) is 5.89. The summed E-state index contributed by atoms with van der Waals surface area (Å²) in [4.78, 5) is 12.0. The molecule has 0 bridgehead atoms. The van der Waals surface area contributed by atoms with Crippen molar-refractivity contribution in [1.29, 1.82) is 0 Å². The highest BCUT2D eigenvalue weighted by atomic mass is 35.5. The van der Waals surface area contributed by atoms with Gasteiger partial charge in [-0.3, -0.25) is 4.68 Å². The standard InChI is InChI=1S/C19H16ClF3N4O/c20-17-7-6-15(10-16(17)19(21,22)23)26-18(28)24-11-13-2-4-14(5-3-13)12-27-9-1-8-25-27/h1-10H,11-12H2,(H2,24,26,28). The zero-order valence-corrected chi connectivity index (χ0v) is 15.3. The van der Waals surface area contributed by atoms with Crippen LogP contribution in [0.25, 0.3) is 0 Å². The minimum atomic E-state index is -4.59. The highest BCUT2D eigenvalue weighted by molar-refractivity contribution is 6.31. The predicted molar refractivity (Wildman–Crippen MR) is 100 cm³/mol. The Morgan fingerprint density at radius 1 is 1.11 bits per heavy atom. The second-order valence-electron chi connectivity index (χ2n) is 6.02. The molecule has 0 aliphatic heterocycles. The summed E-state index contributed by atoms with van der Waals surface area (Å²) in [7, 11) is 0. The minimum Gasteiger partial charge on any atom is -0.334 e. The Labute approximate surface area is 164 Å². The molecule has 0 unspecified atom stereocenters. The first-order valence-electron chi connectivity index (χ1n) is 8.28. The summed E-state index contributed by atoms with van der Waals surface area (Å²) in [6, 6.07) is 12.0. The molecule has 3 rings (SSSR count). The van der Waals surface area contributed by atoms with E-state index in [1.54, 1.807) is 10.9 Å². The van der Waals surface area contributed by atoms with Gasteiger partial charge in [-0.25, -0.2) is 4.79 Å². The number of nitrogens with one attached hydrogen (secondary N) is 2. The first kappa shape index (κ1) is 19.8. The monoisotopic (exact) mass is 408 g/mol. The number of benzene rings is 2. The minimum absolute atomic E-state index is 0.00351. The van der Waals surface area contributed by atoms with Gasteiger partial charge in [0.25, 0.3) is 0 Å². The van der Waals surface area contributed by atoms with Crippen LogP contribution in [-0.4, -0.2) is 15.8 Å². The predicted octanol–water partition coefficient (Wildman–Crippen LogP) is 4.93. The van der Waals surface area contributed by atoms with E-state index in [9.17, 15) is 18.0 Å². The summed E-state index contributed by atoms with van der Waals surface area (Å²) in [5.41, 5.74) is 0.910. The Bertz CT molecular complexity index is 941. The van der Waals surface area contributed by atoms with Gasteiger partial charge in [-0.2, -0.15) is 18.3 Å². The van der Waals surface area contributed by atoms with Gasteiger partial charge < -0.3 is 10.6 Å². The molecule has 0 aliphatic rings. The van der Waals surface area contributed by atoms with Crippen molar-refractivity contribution in [2.75, 3.05) is 5.32 Å². The van der Waals surface area contributed by atoms with Crippen molar-refractivity contribution >= 4 is 23.3 Å². The molecule has 0 radical (unpaired) electrons. The van der Waals surface area contributed by atoms with Gasteiger partial charge in [-0.15, -0.1) is 0 Å². The quantitative estimate of drug-likeness (QED) is 0.629. The van der Waals surface area contributed by atoms with Gasteiger partial charge in [-0.05, 0) is 35.4 Å². The number of hydrogen-bond donors (Lipinski definition) is 2. The number of carbonyl (C=O) groups is 1. The van der Waals surface area contributed by atoms with Crippen molar-refractivity contribution in [1.82, 2.24) is 15.1 Å². The van der Waals surface area contributed by atoms with Gasteiger partial charge in [0.1, 0.15) is 0 Å². The molecule has 9 heteroatoms. The number of alkyl halides is 3. The largest absolute Gasteiger partial charge is 0.417 e. The van der Waals surface area contributed by atoms with Crippen LogP contribution >= 0.6 is 11.6 Å². The fourth-order valence-corrected chi connectivity index (χ4v) is 2.75. The number of aromatic nitrogens is 2. The maximum atomic E-state index is 12.9. The SMILES string of the molecule is O=C(NCc1ccc(Cn2cccn2)cc1)Nc1ccc(Cl)c(C(F)(F)F)c1. The molecule has 2 aromatic carbocycles. The zero-order chi connectivity index (χ0) is 20.1. The molecule has 2 N–H and O–H groups in total. The second-order valence-corrected chi connectivity index (χ2v) is 6.43. The van der Waals surface area contributed by atoms with Crippen LogP contribution < -0.4 is 10.6 Å². The van der Waals surface area contributed by atoms with E-state index < -0.39 is 22.8 Å². The first-order chi connectivity index (χ1) is 13.3. The molecular formula is C19H16ClF3N4O. The van der Waals surface area contributed by atoms with Crippen molar-refractivity contribution in [3.05, 3.63) is 82.6 Å². The third-order valence-corrected chi connectivity index (χ3v) is 4.24. The van der Waals surface area contributed by atoms with E-state index in [2.05, 4.69) is 15.7 Å². The molecule has 5 nitrogen and oxygen atoms in total. The normalized spacial score (nSPS) is 11.3. The molecule has 146 valence electrons. The molecule has 0 aliphatic carbocycles. The highest BCUT2D eigenvalue weighted by Crippen LogP contribution is 2.36. The van der Waals surface area contributed by atoms with Crippen molar-refractivity contribution in [2.45, 2.75) is 19.3 Å². The van der Waals surface area contributed by atoms with E-state index in [4.69, 9.17) is 11.6 Å². The van der Waals surface area contributed by atoms with Crippen LogP contribution in [0.2, 0.25) is 5.02 Å². The summed E-state index contributed by atoms with van der Waals surface area (Å²) in [6.45, 7) is 0.868.